The van der Waals surface area contributed by atoms with Crippen molar-refractivity contribution in [3.63, 3.8) is 0 Å². The Morgan fingerprint density at radius 2 is 1.93 bits per heavy atom. The Bertz CT molecular complexity index is 826. The van der Waals surface area contributed by atoms with E-state index < -0.39 is 6.10 Å². The predicted octanol–water partition coefficient (Wildman–Crippen LogP) is 5.13. The number of carbonyl (C=O) groups excluding carboxylic acids is 1. The van der Waals surface area contributed by atoms with E-state index in [0.717, 1.165) is 35.5 Å². The fourth-order valence-electron chi connectivity index (χ4n) is 3.64. The van der Waals surface area contributed by atoms with Crippen LogP contribution in [0.25, 0.3) is 0 Å². The molecule has 0 saturated heterocycles. The Morgan fingerprint density at radius 3 is 2.57 bits per heavy atom. The first-order valence-corrected chi connectivity index (χ1v) is 10.2. The average Bonchev–Trinajstić information content (AvgIpc) is 2.65. The lowest BCUT2D eigenvalue weighted by Crippen LogP contribution is -2.45. The molecular formula is C24H31NO3. The standard InChI is InChI=1S/C24H31NO3/c1-6-17-9-11-18(12-10-17)27-21(7-2)23(26)25-20-15-24(4,5)28-22-14-16(3)8-13-19(20)22/h8-14,20-21H,6-7,15H2,1-5H3,(H,25,26). The molecule has 0 fully saturated rings. The van der Waals surface area contributed by atoms with Crippen molar-refractivity contribution in [3.8, 4) is 11.5 Å². The third kappa shape index (κ3) is 4.67. The number of carbonyl (C=O) groups is 1. The summed E-state index contributed by atoms with van der Waals surface area (Å²) in [4.78, 5) is 13.0. The summed E-state index contributed by atoms with van der Waals surface area (Å²) in [5.74, 6) is 1.49. The molecule has 2 aromatic rings. The molecule has 3 rings (SSSR count). The summed E-state index contributed by atoms with van der Waals surface area (Å²) in [7, 11) is 0. The monoisotopic (exact) mass is 381 g/mol. The highest BCUT2D eigenvalue weighted by molar-refractivity contribution is 5.81. The molecule has 0 radical (unpaired) electrons. The van der Waals surface area contributed by atoms with Gasteiger partial charge in [0, 0.05) is 12.0 Å². The van der Waals surface area contributed by atoms with Gasteiger partial charge in [-0.05, 0) is 62.9 Å². The molecule has 4 heteroatoms. The fraction of sp³-hybridized carbons (Fsp3) is 0.458. The first kappa shape index (κ1) is 20.2. The number of hydrogen-bond acceptors (Lipinski definition) is 3. The van der Waals surface area contributed by atoms with E-state index in [4.69, 9.17) is 9.47 Å². The van der Waals surface area contributed by atoms with Crippen molar-refractivity contribution in [1.82, 2.24) is 5.32 Å². The van der Waals surface area contributed by atoms with E-state index >= 15 is 0 Å². The molecule has 0 aromatic heterocycles. The fourth-order valence-corrected chi connectivity index (χ4v) is 3.64. The molecule has 1 aliphatic rings. The first-order chi connectivity index (χ1) is 13.3. The van der Waals surface area contributed by atoms with Crippen molar-refractivity contribution >= 4 is 5.91 Å². The normalized spacial score (nSPS) is 18.5. The molecule has 28 heavy (non-hydrogen) atoms. The van der Waals surface area contributed by atoms with Crippen LogP contribution < -0.4 is 14.8 Å². The van der Waals surface area contributed by atoms with Gasteiger partial charge in [0.25, 0.3) is 5.91 Å². The van der Waals surface area contributed by atoms with Gasteiger partial charge < -0.3 is 14.8 Å². The molecule has 1 amide bonds. The van der Waals surface area contributed by atoms with Crippen LogP contribution in [0.4, 0.5) is 0 Å². The molecule has 2 unspecified atom stereocenters. The van der Waals surface area contributed by atoms with Gasteiger partial charge in [0.1, 0.15) is 17.1 Å². The van der Waals surface area contributed by atoms with Crippen LogP contribution in [0.1, 0.15) is 63.3 Å². The Labute approximate surface area is 168 Å². The summed E-state index contributed by atoms with van der Waals surface area (Å²) in [5.41, 5.74) is 3.09. The summed E-state index contributed by atoms with van der Waals surface area (Å²) in [5, 5.41) is 3.20. The summed E-state index contributed by atoms with van der Waals surface area (Å²) in [6.07, 6.45) is 1.79. The lowest BCUT2D eigenvalue weighted by atomic mass is 9.89. The summed E-state index contributed by atoms with van der Waals surface area (Å²) < 4.78 is 12.1. The Hall–Kier alpha value is -2.49. The maximum atomic E-state index is 13.0. The van der Waals surface area contributed by atoms with Crippen LogP contribution in [0, 0.1) is 6.92 Å². The van der Waals surface area contributed by atoms with Crippen LogP contribution in [-0.2, 0) is 11.2 Å². The highest BCUT2D eigenvalue weighted by atomic mass is 16.5. The summed E-state index contributed by atoms with van der Waals surface area (Å²) >= 11 is 0. The number of rotatable bonds is 6. The van der Waals surface area contributed by atoms with E-state index in [1.165, 1.54) is 5.56 Å². The van der Waals surface area contributed by atoms with Crippen molar-refractivity contribution in [1.29, 1.82) is 0 Å². The van der Waals surface area contributed by atoms with Crippen molar-refractivity contribution in [3.05, 3.63) is 59.2 Å². The van der Waals surface area contributed by atoms with Gasteiger partial charge in [-0.15, -0.1) is 0 Å². The van der Waals surface area contributed by atoms with Gasteiger partial charge >= 0.3 is 0 Å². The molecule has 150 valence electrons. The third-order valence-corrected chi connectivity index (χ3v) is 5.22. The van der Waals surface area contributed by atoms with Crippen molar-refractivity contribution in [2.24, 2.45) is 0 Å². The van der Waals surface area contributed by atoms with Crippen molar-refractivity contribution in [2.45, 2.75) is 71.6 Å². The second-order valence-corrected chi connectivity index (χ2v) is 8.18. The highest BCUT2D eigenvalue weighted by Gasteiger charge is 2.35. The summed E-state index contributed by atoms with van der Waals surface area (Å²) in [6.45, 7) is 10.2. The molecule has 1 heterocycles. The molecule has 0 saturated carbocycles. The molecule has 0 spiro atoms. The van der Waals surface area contributed by atoms with E-state index in [0.29, 0.717) is 6.42 Å². The predicted molar refractivity (Wildman–Crippen MR) is 112 cm³/mol. The topological polar surface area (TPSA) is 47.6 Å². The molecule has 0 aliphatic carbocycles. The van der Waals surface area contributed by atoms with Gasteiger partial charge in [0.05, 0.1) is 6.04 Å². The number of nitrogens with one attached hydrogen (secondary N) is 1. The maximum absolute atomic E-state index is 13.0. The van der Waals surface area contributed by atoms with Crippen molar-refractivity contribution in [2.75, 3.05) is 0 Å². The number of ether oxygens (including phenoxy) is 2. The van der Waals surface area contributed by atoms with E-state index in [-0.39, 0.29) is 17.6 Å². The van der Waals surface area contributed by atoms with Gasteiger partial charge in [-0.3, -0.25) is 4.79 Å². The maximum Gasteiger partial charge on any atom is 0.261 e. The second-order valence-electron chi connectivity index (χ2n) is 8.18. The second kappa shape index (κ2) is 8.26. The molecule has 4 nitrogen and oxygen atoms in total. The number of hydrogen-bond donors (Lipinski definition) is 1. The average molecular weight is 382 g/mol. The Kier molecular flexibility index (Phi) is 5.97. The number of benzene rings is 2. The molecule has 0 bridgehead atoms. The number of amides is 1. The minimum Gasteiger partial charge on any atom is -0.487 e. The minimum absolute atomic E-state index is 0.0868. The highest BCUT2D eigenvalue weighted by Crippen LogP contribution is 2.40. The zero-order valence-corrected chi connectivity index (χ0v) is 17.5. The van der Waals surface area contributed by atoms with E-state index in [2.05, 4.69) is 38.2 Å². The van der Waals surface area contributed by atoms with Crippen LogP contribution in [0.2, 0.25) is 0 Å². The first-order valence-electron chi connectivity index (χ1n) is 10.2. The van der Waals surface area contributed by atoms with E-state index in [1.807, 2.05) is 44.2 Å². The molecular weight excluding hydrogens is 350 g/mol. The Balaban J connectivity index is 1.74. The van der Waals surface area contributed by atoms with Crippen LogP contribution in [0.3, 0.4) is 0 Å². The third-order valence-electron chi connectivity index (χ3n) is 5.22. The van der Waals surface area contributed by atoms with Crippen molar-refractivity contribution < 1.29 is 14.3 Å². The van der Waals surface area contributed by atoms with Crippen LogP contribution in [0.5, 0.6) is 11.5 Å². The smallest absolute Gasteiger partial charge is 0.261 e. The van der Waals surface area contributed by atoms with E-state index in [9.17, 15) is 4.79 Å². The van der Waals surface area contributed by atoms with Gasteiger partial charge in [-0.2, -0.15) is 0 Å². The van der Waals surface area contributed by atoms with Gasteiger partial charge in [-0.25, -0.2) is 0 Å². The Morgan fingerprint density at radius 1 is 1.21 bits per heavy atom. The number of fused-ring (bicyclic) bond motifs is 1. The number of aryl methyl sites for hydroxylation is 2. The van der Waals surface area contributed by atoms with Gasteiger partial charge in [0.15, 0.2) is 6.10 Å². The van der Waals surface area contributed by atoms with Gasteiger partial charge in [0.2, 0.25) is 0 Å². The largest absolute Gasteiger partial charge is 0.487 e. The van der Waals surface area contributed by atoms with Gasteiger partial charge in [-0.1, -0.05) is 38.1 Å². The van der Waals surface area contributed by atoms with Crippen LogP contribution >= 0.6 is 0 Å². The molecule has 1 aliphatic heterocycles. The zero-order valence-electron chi connectivity index (χ0n) is 17.5. The quantitative estimate of drug-likeness (QED) is 0.754. The van der Waals surface area contributed by atoms with Crippen LogP contribution in [0.15, 0.2) is 42.5 Å². The van der Waals surface area contributed by atoms with Crippen LogP contribution in [-0.4, -0.2) is 17.6 Å². The lowest BCUT2D eigenvalue weighted by molar-refractivity contribution is -0.129. The van der Waals surface area contributed by atoms with E-state index in [1.54, 1.807) is 0 Å². The molecule has 1 N–H and O–H groups in total. The molecule has 2 aromatic carbocycles. The SMILES string of the molecule is CCc1ccc(OC(CC)C(=O)NC2CC(C)(C)Oc3cc(C)ccc32)cc1. The minimum atomic E-state index is -0.521. The lowest BCUT2D eigenvalue weighted by Gasteiger charge is -2.38. The zero-order chi connectivity index (χ0) is 20.3. The molecule has 2 atom stereocenters. The summed E-state index contributed by atoms with van der Waals surface area (Å²) in [6, 6.07) is 14.0.